The van der Waals surface area contributed by atoms with Crippen LogP contribution in [0.15, 0.2) is 22.6 Å². The number of primary amides is 1. The quantitative estimate of drug-likeness (QED) is 0.724. The van der Waals surface area contributed by atoms with Crippen LogP contribution in [0.25, 0.3) is 0 Å². The van der Waals surface area contributed by atoms with Crippen LogP contribution in [0, 0.1) is 6.92 Å². The molecule has 2 heterocycles. The zero-order valence-corrected chi connectivity index (χ0v) is 12.8. The maximum absolute atomic E-state index is 11.2. The molecule has 0 spiro atoms. The molecule has 0 atom stereocenters. The molecular formula is C16H22N4O2. The maximum atomic E-state index is 11.2. The highest BCUT2D eigenvalue weighted by molar-refractivity contribution is 5.90. The first-order valence-corrected chi connectivity index (χ1v) is 7.50. The maximum Gasteiger partial charge on any atom is 0.267 e. The molecule has 0 fully saturated rings. The van der Waals surface area contributed by atoms with Crippen LogP contribution in [0.4, 0.5) is 0 Å². The number of aryl methyl sites for hydroxylation is 3. The number of nitrogens with two attached hydrogens (primary N) is 2. The summed E-state index contributed by atoms with van der Waals surface area (Å²) >= 11 is 0. The summed E-state index contributed by atoms with van der Waals surface area (Å²) in [6, 6.07) is 5.65. The molecule has 0 aliphatic heterocycles. The second-order valence-electron chi connectivity index (χ2n) is 5.30. The van der Waals surface area contributed by atoms with Crippen LogP contribution in [0.3, 0.4) is 0 Å². The largest absolute Gasteiger partial charge is 0.466 e. The average molecular weight is 302 g/mol. The fourth-order valence-corrected chi connectivity index (χ4v) is 2.30. The lowest BCUT2D eigenvalue weighted by Gasteiger charge is -2.05. The standard InChI is InChI=1S/C16H22N4O2/c1-11-7-8-13(22-11)6-4-2-3-5-12-9-14(16(18)21)20-15(10-17)19-12/h7-9H,2-6,10,17H2,1H3,(H2,18,21). The Kier molecular flexibility index (Phi) is 5.66. The van der Waals surface area contributed by atoms with Crippen LogP contribution in [-0.4, -0.2) is 15.9 Å². The lowest BCUT2D eigenvalue weighted by molar-refractivity contribution is 0.0995. The van der Waals surface area contributed by atoms with Crippen LogP contribution in [-0.2, 0) is 19.4 Å². The van der Waals surface area contributed by atoms with Crippen molar-refractivity contribution in [2.45, 2.75) is 45.6 Å². The van der Waals surface area contributed by atoms with E-state index in [4.69, 9.17) is 15.9 Å². The Labute approximate surface area is 129 Å². The number of hydrogen-bond donors (Lipinski definition) is 2. The summed E-state index contributed by atoms with van der Waals surface area (Å²) in [6.45, 7) is 2.15. The van der Waals surface area contributed by atoms with Crippen LogP contribution in [0.2, 0.25) is 0 Å². The normalized spacial score (nSPS) is 10.8. The molecule has 118 valence electrons. The molecule has 2 aromatic rings. The molecule has 0 aromatic carbocycles. The van der Waals surface area contributed by atoms with Gasteiger partial charge in [-0.3, -0.25) is 4.79 Å². The Morgan fingerprint density at radius 2 is 1.95 bits per heavy atom. The molecule has 0 radical (unpaired) electrons. The summed E-state index contributed by atoms with van der Waals surface area (Å²) in [7, 11) is 0. The van der Waals surface area contributed by atoms with Crippen molar-refractivity contribution in [3.8, 4) is 0 Å². The molecule has 22 heavy (non-hydrogen) atoms. The summed E-state index contributed by atoms with van der Waals surface area (Å²) in [6.07, 6.45) is 4.84. The third-order valence-corrected chi connectivity index (χ3v) is 3.41. The summed E-state index contributed by atoms with van der Waals surface area (Å²) in [5.41, 5.74) is 11.9. The van der Waals surface area contributed by atoms with Gasteiger partial charge in [-0.05, 0) is 44.4 Å². The van der Waals surface area contributed by atoms with Crippen molar-refractivity contribution < 1.29 is 9.21 Å². The molecule has 1 amide bonds. The van der Waals surface area contributed by atoms with E-state index in [0.717, 1.165) is 49.3 Å². The number of carbonyl (C=O) groups is 1. The van der Waals surface area contributed by atoms with Gasteiger partial charge in [0.05, 0.1) is 6.54 Å². The summed E-state index contributed by atoms with van der Waals surface area (Å²) in [4.78, 5) is 19.6. The third kappa shape index (κ3) is 4.66. The van der Waals surface area contributed by atoms with Gasteiger partial charge in [0.25, 0.3) is 5.91 Å². The molecule has 2 aromatic heterocycles. The number of aromatic nitrogens is 2. The van der Waals surface area contributed by atoms with Gasteiger partial charge in [0, 0.05) is 12.1 Å². The highest BCUT2D eigenvalue weighted by Crippen LogP contribution is 2.12. The molecule has 6 heteroatoms. The van der Waals surface area contributed by atoms with Crippen molar-refractivity contribution in [3.63, 3.8) is 0 Å². The molecule has 0 saturated heterocycles. The number of rotatable bonds is 8. The van der Waals surface area contributed by atoms with E-state index in [9.17, 15) is 4.79 Å². The van der Waals surface area contributed by atoms with Gasteiger partial charge in [-0.1, -0.05) is 6.42 Å². The van der Waals surface area contributed by atoms with Crippen LogP contribution in [0.5, 0.6) is 0 Å². The molecule has 6 nitrogen and oxygen atoms in total. The number of amides is 1. The van der Waals surface area contributed by atoms with E-state index in [0.29, 0.717) is 5.82 Å². The second kappa shape index (κ2) is 7.70. The first kappa shape index (κ1) is 16.2. The topological polar surface area (TPSA) is 108 Å². The van der Waals surface area contributed by atoms with Crippen molar-refractivity contribution in [1.82, 2.24) is 9.97 Å². The van der Waals surface area contributed by atoms with Crippen molar-refractivity contribution in [2.75, 3.05) is 0 Å². The molecule has 2 rings (SSSR count). The number of furan rings is 1. The van der Waals surface area contributed by atoms with Gasteiger partial charge in [0.15, 0.2) is 0 Å². The Morgan fingerprint density at radius 1 is 1.18 bits per heavy atom. The molecule has 0 unspecified atom stereocenters. The average Bonchev–Trinajstić information content (AvgIpc) is 2.92. The minimum absolute atomic E-state index is 0.200. The molecular weight excluding hydrogens is 280 g/mol. The van der Waals surface area contributed by atoms with Gasteiger partial charge in [0.2, 0.25) is 0 Å². The van der Waals surface area contributed by atoms with Gasteiger partial charge in [0.1, 0.15) is 23.0 Å². The van der Waals surface area contributed by atoms with Gasteiger partial charge >= 0.3 is 0 Å². The van der Waals surface area contributed by atoms with Crippen molar-refractivity contribution in [2.24, 2.45) is 11.5 Å². The Hall–Kier alpha value is -2.21. The van der Waals surface area contributed by atoms with Crippen LogP contribution >= 0.6 is 0 Å². The van der Waals surface area contributed by atoms with Gasteiger partial charge in [-0.2, -0.15) is 0 Å². The molecule has 0 aliphatic carbocycles. The molecule has 0 bridgehead atoms. The third-order valence-electron chi connectivity index (χ3n) is 3.41. The Bertz CT molecular complexity index is 637. The van der Waals surface area contributed by atoms with E-state index >= 15 is 0 Å². The van der Waals surface area contributed by atoms with Gasteiger partial charge in [-0.25, -0.2) is 9.97 Å². The van der Waals surface area contributed by atoms with E-state index in [2.05, 4.69) is 9.97 Å². The minimum Gasteiger partial charge on any atom is -0.466 e. The van der Waals surface area contributed by atoms with Crippen molar-refractivity contribution >= 4 is 5.91 Å². The zero-order valence-electron chi connectivity index (χ0n) is 12.8. The minimum atomic E-state index is -0.550. The van der Waals surface area contributed by atoms with E-state index in [-0.39, 0.29) is 12.2 Å². The van der Waals surface area contributed by atoms with Crippen LogP contribution in [0.1, 0.15) is 52.8 Å². The Morgan fingerprint density at radius 3 is 2.59 bits per heavy atom. The first-order valence-electron chi connectivity index (χ1n) is 7.50. The van der Waals surface area contributed by atoms with Gasteiger partial charge in [-0.15, -0.1) is 0 Å². The number of carbonyl (C=O) groups excluding carboxylic acids is 1. The Balaban J connectivity index is 1.81. The monoisotopic (exact) mass is 302 g/mol. The van der Waals surface area contributed by atoms with E-state index in [1.807, 2.05) is 19.1 Å². The predicted octanol–water partition coefficient (Wildman–Crippen LogP) is 1.89. The first-order chi connectivity index (χ1) is 10.6. The van der Waals surface area contributed by atoms with Gasteiger partial charge < -0.3 is 15.9 Å². The second-order valence-corrected chi connectivity index (χ2v) is 5.30. The van der Waals surface area contributed by atoms with Crippen molar-refractivity contribution in [3.05, 3.63) is 46.9 Å². The number of unbranched alkanes of at least 4 members (excludes halogenated alkanes) is 2. The highest BCUT2D eigenvalue weighted by Gasteiger charge is 2.08. The highest BCUT2D eigenvalue weighted by atomic mass is 16.3. The number of nitrogens with zero attached hydrogens (tertiary/aromatic N) is 2. The van der Waals surface area contributed by atoms with Crippen molar-refractivity contribution in [1.29, 1.82) is 0 Å². The fraction of sp³-hybridized carbons (Fsp3) is 0.438. The summed E-state index contributed by atoms with van der Waals surface area (Å²) < 4.78 is 5.53. The predicted molar refractivity (Wildman–Crippen MR) is 83.1 cm³/mol. The molecule has 0 aliphatic rings. The van der Waals surface area contributed by atoms with E-state index < -0.39 is 5.91 Å². The lowest BCUT2D eigenvalue weighted by atomic mass is 10.1. The van der Waals surface area contributed by atoms with E-state index in [1.165, 1.54) is 0 Å². The summed E-state index contributed by atoms with van der Waals surface area (Å²) in [5.74, 6) is 1.88. The summed E-state index contributed by atoms with van der Waals surface area (Å²) in [5, 5.41) is 0. The smallest absolute Gasteiger partial charge is 0.267 e. The molecule has 4 N–H and O–H groups in total. The molecule has 0 saturated carbocycles. The SMILES string of the molecule is Cc1ccc(CCCCCc2cc(C(N)=O)nc(CN)n2)o1. The zero-order chi connectivity index (χ0) is 15.9. The van der Waals surface area contributed by atoms with E-state index in [1.54, 1.807) is 6.07 Å². The number of hydrogen-bond acceptors (Lipinski definition) is 5. The van der Waals surface area contributed by atoms with Crippen LogP contribution < -0.4 is 11.5 Å². The lowest BCUT2D eigenvalue weighted by Crippen LogP contribution is -2.17. The fourth-order valence-electron chi connectivity index (χ4n) is 2.30.